The van der Waals surface area contributed by atoms with E-state index in [4.69, 9.17) is 27.9 Å². The second-order valence-electron chi connectivity index (χ2n) is 8.35. The van der Waals surface area contributed by atoms with Crippen molar-refractivity contribution >= 4 is 61.7 Å². The number of rotatable bonds is 10. The lowest BCUT2D eigenvalue weighted by Gasteiger charge is -2.32. The van der Waals surface area contributed by atoms with Gasteiger partial charge in [0.15, 0.2) is 6.61 Å². The van der Waals surface area contributed by atoms with Crippen LogP contribution in [-0.4, -0.2) is 35.4 Å². The molecule has 2 amide bonds. The Hall–Kier alpha value is -2.28. The van der Waals surface area contributed by atoms with Crippen LogP contribution < -0.4 is 10.1 Å². The number of amides is 2. The van der Waals surface area contributed by atoms with Crippen LogP contribution in [0.4, 0.5) is 0 Å². The third-order valence-corrected chi connectivity index (χ3v) is 7.48. The number of benzene rings is 3. The average molecular weight is 580 g/mol. The summed E-state index contributed by atoms with van der Waals surface area (Å²) in [6, 6.07) is 16.1. The number of carbonyl (C=O) groups excluding carboxylic acids is 2. The van der Waals surface area contributed by atoms with Gasteiger partial charge in [-0.2, -0.15) is 0 Å². The van der Waals surface area contributed by atoms with Gasteiger partial charge in [0.05, 0.1) is 4.47 Å². The molecule has 186 valence electrons. The van der Waals surface area contributed by atoms with Gasteiger partial charge in [0.1, 0.15) is 11.8 Å². The molecular formula is C27H29BrCl2N2O3. The van der Waals surface area contributed by atoms with E-state index in [1.54, 1.807) is 18.2 Å². The summed E-state index contributed by atoms with van der Waals surface area (Å²) in [5, 5.41) is 5.90. The lowest BCUT2D eigenvalue weighted by Crippen LogP contribution is -2.51. The zero-order valence-electron chi connectivity index (χ0n) is 20.0. The van der Waals surface area contributed by atoms with Crippen molar-refractivity contribution in [1.82, 2.24) is 10.2 Å². The largest absolute Gasteiger partial charge is 0.483 e. The van der Waals surface area contributed by atoms with Gasteiger partial charge >= 0.3 is 0 Å². The summed E-state index contributed by atoms with van der Waals surface area (Å²) in [7, 11) is 0. The summed E-state index contributed by atoms with van der Waals surface area (Å²) in [6.07, 6.45) is 1.21. The van der Waals surface area contributed by atoms with Gasteiger partial charge in [0.25, 0.3) is 5.91 Å². The zero-order chi connectivity index (χ0) is 25.5. The minimum Gasteiger partial charge on any atom is -0.483 e. The molecule has 0 aliphatic rings. The third-order valence-electron chi connectivity index (χ3n) is 5.96. The second-order valence-corrected chi connectivity index (χ2v) is 9.96. The number of nitrogens with zero attached hydrogens (tertiary/aromatic N) is 1. The zero-order valence-corrected chi connectivity index (χ0v) is 23.1. The Kier molecular flexibility index (Phi) is 9.84. The fraction of sp³-hybridized carbons (Fsp3) is 0.333. The lowest BCUT2D eigenvalue weighted by atomic mass is 10.1. The predicted molar refractivity (Wildman–Crippen MR) is 146 cm³/mol. The van der Waals surface area contributed by atoms with Crippen LogP contribution in [-0.2, 0) is 16.1 Å². The van der Waals surface area contributed by atoms with E-state index in [1.807, 2.05) is 57.2 Å². The molecule has 0 spiro atoms. The normalized spacial score (nSPS) is 12.7. The maximum atomic E-state index is 13.5. The summed E-state index contributed by atoms with van der Waals surface area (Å²) in [6.45, 7) is 5.64. The Bertz CT molecular complexity index is 1180. The van der Waals surface area contributed by atoms with Gasteiger partial charge in [0, 0.05) is 28.2 Å². The Morgan fingerprint density at radius 1 is 1.00 bits per heavy atom. The van der Waals surface area contributed by atoms with E-state index < -0.39 is 6.04 Å². The first kappa shape index (κ1) is 27.3. The fourth-order valence-electron chi connectivity index (χ4n) is 3.76. The standard InChI is InChI=1S/C27H29BrCl2N2O3/c1-4-17(3)31-27(34)23(5-2)32(15-20-21(29)11-8-12-22(20)30)25(33)16-35-24-14-13-18-9-6-7-10-19(18)26(24)28/h6-14,17,23H,4-5,15-16H2,1-3H3,(H,31,34)/t17-,23-/m0/s1. The Labute approximate surface area is 224 Å². The smallest absolute Gasteiger partial charge is 0.261 e. The number of ether oxygens (including phenoxy) is 1. The highest BCUT2D eigenvalue weighted by molar-refractivity contribution is 9.10. The molecule has 3 aromatic rings. The molecule has 0 unspecified atom stereocenters. The van der Waals surface area contributed by atoms with Crippen LogP contribution in [0.3, 0.4) is 0 Å². The van der Waals surface area contributed by atoms with Crippen molar-refractivity contribution in [2.45, 2.75) is 52.2 Å². The summed E-state index contributed by atoms with van der Waals surface area (Å²) >= 11 is 16.4. The highest BCUT2D eigenvalue weighted by atomic mass is 79.9. The summed E-state index contributed by atoms with van der Waals surface area (Å²) in [4.78, 5) is 28.1. The minimum absolute atomic E-state index is 0.0118. The first-order chi connectivity index (χ1) is 16.8. The van der Waals surface area contributed by atoms with Gasteiger partial charge in [-0.05, 0) is 64.7 Å². The SMILES string of the molecule is CC[C@H](C)NC(=O)[C@H](CC)N(Cc1c(Cl)cccc1Cl)C(=O)COc1ccc2ccccc2c1Br. The van der Waals surface area contributed by atoms with E-state index in [0.717, 1.165) is 21.7 Å². The van der Waals surface area contributed by atoms with Gasteiger partial charge in [-0.3, -0.25) is 9.59 Å². The molecule has 8 heteroatoms. The molecule has 5 nitrogen and oxygen atoms in total. The van der Waals surface area contributed by atoms with Gasteiger partial charge < -0.3 is 15.0 Å². The molecule has 0 fully saturated rings. The summed E-state index contributed by atoms with van der Waals surface area (Å²) in [5.41, 5.74) is 0.589. The van der Waals surface area contributed by atoms with Crippen molar-refractivity contribution in [3.63, 3.8) is 0 Å². The fourth-order valence-corrected chi connectivity index (χ4v) is 4.89. The second kappa shape index (κ2) is 12.6. The van der Waals surface area contributed by atoms with Crippen molar-refractivity contribution in [2.24, 2.45) is 0 Å². The molecule has 0 saturated heterocycles. The Balaban J connectivity index is 1.88. The van der Waals surface area contributed by atoms with Crippen molar-refractivity contribution < 1.29 is 14.3 Å². The molecule has 0 aliphatic carbocycles. The number of hydrogen-bond acceptors (Lipinski definition) is 3. The molecule has 2 atom stereocenters. The van der Waals surface area contributed by atoms with E-state index in [1.165, 1.54) is 4.90 Å². The highest BCUT2D eigenvalue weighted by Crippen LogP contribution is 2.33. The Morgan fingerprint density at radius 2 is 1.69 bits per heavy atom. The average Bonchev–Trinajstić information content (AvgIpc) is 2.85. The van der Waals surface area contributed by atoms with E-state index in [0.29, 0.717) is 27.8 Å². The first-order valence-corrected chi connectivity index (χ1v) is 13.1. The van der Waals surface area contributed by atoms with Crippen LogP contribution in [0, 0.1) is 0 Å². The maximum Gasteiger partial charge on any atom is 0.261 e. The van der Waals surface area contributed by atoms with Crippen molar-refractivity contribution in [2.75, 3.05) is 6.61 Å². The number of nitrogens with one attached hydrogen (secondary N) is 1. The van der Waals surface area contributed by atoms with E-state index >= 15 is 0 Å². The van der Waals surface area contributed by atoms with E-state index in [-0.39, 0.29) is 31.0 Å². The van der Waals surface area contributed by atoms with Gasteiger partial charge in [0.2, 0.25) is 5.91 Å². The summed E-state index contributed by atoms with van der Waals surface area (Å²) < 4.78 is 6.70. The Morgan fingerprint density at radius 3 is 2.34 bits per heavy atom. The predicted octanol–water partition coefficient (Wildman–Crippen LogP) is 7.01. The van der Waals surface area contributed by atoms with Crippen LogP contribution >= 0.6 is 39.1 Å². The quantitative estimate of drug-likeness (QED) is 0.281. The first-order valence-electron chi connectivity index (χ1n) is 11.6. The maximum absolute atomic E-state index is 13.5. The van der Waals surface area contributed by atoms with Gasteiger partial charge in [-0.1, -0.05) is 73.4 Å². The third kappa shape index (κ3) is 6.69. The number of fused-ring (bicyclic) bond motifs is 1. The molecule has 0 bridgehead atoms. The van der Waals surface area contributed by atoms with Crippen molar-refractivity contribution in [3.05, 3.63) is 74.7 Å². The van der Waals surface area contributed by atoms with Crippen molar-refractivity contribution in [1.29, 1.82) is 0 Å². The number of halogens is 3. The molecule has 0 aromatic heterocycles. The van der Waals surface area contributed by atoms with Crippen LogP contribution in [0.15, 0.2) is 59.1 Å². The lowest BCUT2D eigenvalue weighted by molar-refractivity contribution is -0.143. The molecule has 0 aliphatic heterocycles. The van der Waals surface area contributed by atoms with E-state index in [2.05, 4.69) is 21.2 Å². The minimum atomic E-state index is -0.701. The monoisotopic (exact) mass is 578 g/mol. The molecule has 0 saturated carbocycles. The van der Waals surface area contributed by atoms with E-state index in [9.17, 15) is 9.59 Å². The molecule has 0 radical (unpaired) electrons. The molecule has 35 heavy (non-hydrogen) atoms. The number of hydrogen-bond donors (Lipinski definition) is 1. The van der Waals surface area contributed by atoms with Crippen LogP contribution in [0.25, 0.3) is 10.8 Å². The van der Waals surface area contributed by atoms with Crippen LogP contribution in [0.2, 0.25) is 10.0 Å². The van der Waals surface area contributed by atoms with Crippen molar-refractivity contribution in [3.8, 4) is 5.75 Å². The van der Waals surface area contributed by atoms with Crippen LogP contribution in [0.1, 0.15) is 39.2 Å². The molecule has 1 N–H and O–H groups in total. The molecule has 3 rings (SSSR count). The molecule has 3 aromatic carbocycles. The van der Waals surface area contributed by atoms with Gasteiger partial charge in [-0.15, -0.1) is 0 Å². The molecular weight excluding hydrogens is 551 g/mol. The molecule has 0 heterocycles. The highest BCUT2D eigenvalue weighted by Gasteiger charge is 2.30. The summed E-state index contributed by atoms with van der Waals surface area (Å²) in [5.74, 6) is -0.0117. The van der Waals surface area contributed by atoms with Gasteiger partial charge in [-0.25, -0.2) is 0 Å². The topological polar surface area (TPSA) is 58.6 Å². The van der Waals surface area contributed by atoms with Crippen LogP contribution in [0.5, 0.6) is 5.75 Å². The number of carbonyl (C=O) groups is 2.